The fraction of sp³-hybridized carbons (Fsp3) is 0.417. The summed E-state index contributed by atoms with van der Waals surface area (Å²) in [6.45, 7) is 6.05. The molecule has 0 unspecified atom stereocenters. The van der Waals surface area contributed by atoms with E-state index in [1.807, 2.05) is 39.0 Å². The third-order valence-corrected chi connectivity index (χ3v) is 2.63. The molecule has 0 fully saturated rings. The van der Waals surface area contributed by atoms with Gasteiger partial charge in [0.25, 0.3) is 0 Å². The van der Waals surface area contributed by atoms with Crippen LogP contribution < -0.4 is 16.0 Å². The summed E-state index contributed by atoms with van der Waals surface area (Å²) in [7, 11) is 1.63. The first kappa shape index (κ1) is 14.0. The number of amidine groups is 1. The second-order valence-electron chi connectivity index (χ2n) is 4.62. The monoisotopic (exact) mass is 299 g/mol. The van der Waals surface area contributed by atoms with Gasteiger partial charge in [0.05, 0.1) is 17.1 Å². The Morgan fingerprint density at radius 2 is 2.06 bits per heavy atom. The van der Waals surface area contributed by atoms with Crippen molar-refractivity contribution in [2.45, 2.75) is 26.3 Å². The normalized spacial score (nSPS) is 12.5. The lowest BCUT2D eigenvalue weighted by atomic mass is 10.1. The van der Waals surface area contributed by atoms with Gasteiger partial charge in [0.1, 0.15) is 11.6 Å². The molecule has 17 heavy (non-hydrogen) atoms. The molecule has 0 saturated carbocycles. The van der Waals surface area contributed by atoms with Gasteiger partial charge in [-0.3, -0.25) is 4.99 Å². The van der Waals surface area contributed by atoms with Gasteiger partial charge in [0, 0.05) is 5.56 Å². The van der Waals surface area contributed by atoms with Crippen molar-refractivity contribution in [2.24, 2.45) is 10.8 Å². The van der Waals surface area contributed by atoms with Gasteiger partial charge in [-0.05, 0) is 54.9 Å². The Kier molecular flexibility index (Phi) is 4.54. The molecule has 0 amide bonds. The highest BCUT2D eigenvalue weighted by molar-refractivity contribution is 9.10. The van der Waals surface area contributed by atoms with Crippen molar-refractivity contribution >= 4 is 21.8 Å². The Bertz CT molecular complexity index is 424. The molecule has 0 radical (unpaired) electrons. The molecule has 1 aromatic rings. The van der Waals surface area contributed by atoms with Gasteiger partial charge < -0.3 is 10.2 Å². The van der Waals surface area contributed by atoms with Crippen molar-refractivity contribution in [1.82, 2.24) is 5.43 Å². The van der Waals surface area contributed by atoms with Crippen LogP contribution in [0, 0.1) is 0 Å². The van der Waals surface area contributed by atoms with Gasteiger partial charge in [-0.2, -0.15) is 0 Å². The van der Waals surface area contributed by atoms with Gasteiger partial charge >= 0.3 is 0 Å². The quantitative estimate of drug-likeness (QED) is 0.382. The SMILES string of the molecule is COc1ccc(C(=NC(C)(C)C)NN)cc1Br. The number of hydrazine groups is 1. The second-order valence-corrected chi connectivity index (χ2v) is 5.48. The molecule has 0 aromatic heterocycles. The highest BCUT2D eigenvalue weighted by Gasteiger charge is 2.12. The van der Waals surface area contributed by atoms with Crippen molar-refractivity contribution in [1.29, 1.82) is 0 Å². The molecule has 94 valence electrons. The van der Waals surface area contributed by atoms with E-state index in [2.05, 4.69) is 26.3 Å². The Hall–Kier alpha value is -1.07. The van der Waals surface area contributed by atoms with Crippen LogP contribution in [0.4, 0.5) is 0 Å². The number of ether oxygens (including phenoxy) is 1. The Labute approximate surface area is 110 Å². The standard InChI is InChI=1S/C12H18BrN3O/c1-12(2,3)15-11(16-14)8-5-6-10(17-4)9(13)7-8/h5-7H,14H2,1-4H3,(H,15,16). The number of rotatable bonds is 2. The number of methoxy groups -OCH3 is 1. The molecule has 5 heteroatoms. The largest absolute Gasteiger partial charge is 0.496 e. The van der Waals surface area contributed by atoms with Crippen molar-refractivity contribution in [3.63, 3.8) is 0 Å². The summed E-state index contributed by atoms with van der Waals surface area (Å²) in [6, 6.07) is 5.70. The Balaban J connectivity index is 3.14. The van der Waals surface area contributed by atoms with Crippen LogP contribution >= 0.6 is 15.9 Å². The van der Waals surface area contributed by atoms with Crippen molar-refractivity contribution < 1.29 is 4.74 Å². The Morgan fingerprint density at radius 3 is 2.47 bits per heavy atom. The number of aliphatic imine (C=N–C) groups is 1. The minimum atomic E-state index is -0.186. The van der Waals surface area contributed by atoms with Crippen LogP contribution in [0.15, 0.2) is 27.7 Å². The van der Waals surface area contributed by atoms with Crippen LogP contribution in [0.2, 0.25) is 0 Å². The van der Waals surface area contributed by atoms with Crippen LogP contribution in [0.25, 0.3) is 0 Å². The predicted octanol–water partition coefficient (Wildman–Crippen LogP) is 2.47. The van der Waals surface area contributed by atoms with Crippen molar-refractivity contribution in [3.05, 3.63) is 28.2 Å². The van der Waals surface area contributed by atoms with Crippen molar-refractivity contribution in [3.8, 4) is 5.75 Å². The summed E-state index contributed by atoms with van der Waals surface area (Å²) < 4.78 is 6.05. The first-order chi connectivity index (χ1) is 7.87. The van der Waals surface area contributed by atoms with Crippen LogP contribution in [0.5, 0.6) is 5.75 Å². The molecule has 4 nitrogen and oxygen atoms in total. The van der Waals surface area contributed by atoms with Crippen LogP contribution in [-0.4, -0.2) is 18.5 Å². The van der Waals surface area contributed by atoms with Gasteiger partial charge in [0.2, 0.25) is 0 Å². The van der Waals surface area contributed by atoms with Gasteiger partial charge in [0.15, 0.2) is 0 Å². The summed E-state index contributed by atoms with van der Waals surface area (Å²) in [5.74, 6) is 6.94. The predicted molar refractivity (Wildman–Crippen MR) is 74.3 cm³/mol. The minimum absolute atomic E-state index is 0.186. The maximum absolute atomic E-state index is 5.51. The topological polar surface area (TPSA) is 59.6 Å². The van der Waals surface area contributed by atoms with Crippen LogP contribution in [0.1, 0.15) is 26.3 Å². The van der Waals surface area contributed by atoms with E-state index in [1.165, 1.54) is 0 Å². The molecule has 0 bridgehead atoms. The average Bonchev–Trinajstić information content (AvgIpc) is 2.24. The third-order valence-electron chi connectivity index (χ3n) is 2.01. The molecule has 0 spiro atoms. The molecular formula is C12H18BrN3O. The minimum Gasteiger partial charge on any atom is -0.496 e. The highest BCUT2D eigenvalue weighted by Crippen LogP contribution is 2.25. The first-order valence-corrected chi connectivity index (χ1v) is 6.07. The molecule has 0 aliphatic rings. The maximum atomic E-state index is 5.51. The summed E-state index contributed by atoms with van der Waals surface area (Å²) in [6.07, 6.45) is 0. The fourth-order valence-corrected chi connectivity index (χ4v) is 1.87. The lowest BCUT2D eigenvalue weighted by molar-refractivity contribution is 0.412. The van der Waals surface area contributed by atoms with Crippen LogP contribution in [-0.2, 0) is 0 Å². The lowest BCUT2D eigenvalue weighted by Gasteiger charge is -2.16. The van der Waals surface area contributed by atoms with E-state index in [9.17, 15) is 0 Å². The summed E-state index contributed by atoms with van der Waals surface area (Å²) in [5.41, 5.74) is 3.35. The molecule has 1 aromatic carbocycles. The molecule has 0 saturated heterocycles. The molecule has 0 aliphatic carbocycles. The summed E-state index contributed by atoms with van der Waals surface area (Å²) >= 11 is 3.44. The number of halogens is 1. The molecule has 0 aliphatic heterocycles. The second kappa shape index (κ2) is 5.51. The van der Waals surface area contributed by atoms with Gasteiger partial charge in [-0.15, -0.1) is 0 Å². The molecular weight excluding hydrogens is 282 g/mol. The van der Waals surface area contributed by atoms with Gasteiger partial charge in [-0.1, -0.05) is 0 Å². The number of nitrogens with zero attached hydrogens (tertiary/aromatic N) is 1. The average molecular weight is 300 g/mol. The zero-order valence-corrected chi connectivity index (χ0v) is 12.1. The lowest BCUT2D eigenvalue weighted by Crippen LogP contribution is -2.33. The fourth-order valence-electron chi connectivity index (χ4n) is 1.33. The number of nitrogens with one attached hydrogen (secondary N) is 1. The molecule has 3 N–H and O–H groups in total. The smallest absolute Gasteiger partial charge is 0.143 e. The molecule has 1 rings (SSSR count). The van der Waals surface area contributed by atoms with E-state index in [1.54, 1.807) is 7.11 Å². The zero-order chi connectivity index (χ0) is 13.1. The van der Waals surface area contributed by atoms with E-state index in [0.29, 0.717) is 5.84 Å². The van der Waals surface area contributed by atoms with E-state index >= 15 is 0 Å². The number of hydrogen-bond donors (Lipinski definition) is 2. The van der Waals surface area contributed by atoms with E-state index in [0.717, 1.165) is 15.8 Å². The molecule has 0 heterocycles. The van der Waals surface area contributed by atoms with Gasteiger partial charge in [-0.25, -0.2) is 5.84 Å². The third kappa shape index (κ3) is 4.02. The van der Waals surface area contributed by atoms with Crippen LogP contribution in [0.3, 0.4) is 0 Å². The first-order valence-electron chi connectivity index (χ1n) is 5.28. The zero-order valence-electron chi connectivity index (χ0n) is 10.5. The summed E-state index contributed by atoms with van der Waals surface area (Å²) in [4.78, 5) is 4.51. The van der Waals surface area contributed by atoms with Crippen molar-refractivity contribution in [2.75, 3.05) is 7.11 Å². The summed E-state index contributed by atoms with van der Waals surface area (Å²) in [5, 5.41) is 0. The van der Waals surface area contributed by atoms with E-state index in [4.69, 9.17) is 10.6 Å². The highest BCUT2D eigenvalue weighted by atomic mass is 79.9. The number of hydrogen-bond acceptors (Lipinski definition) is 3. The molecule has 0 atom stereocenters. The van der Waals surface area contributed by atoms with E-state index in [-0.39, 0.29) is 5.54 Å². The Morgan fingerprint density at radius 1 is 1.41 bits per heavy atom. The number of nitrogens with two attached hydrogens (primary N) is 1. The van der Waals surface area contributed by atoms with E-state index < -0.39 is 0 Å². The maximum Gasteiger partial charge on any atom is 0.143 e. The number of benzene rings is 1.